The van der Waals surface area contributed by atoms with Gasteiger partial charge in [0.25, 0.3) is 0 Å². The smallest absolute Gasteiger partial charge is 0.222 e. The summed E-state index contributed by atoms with van der Waals surface area (Å²) < 4.78 is 5.97. The Bertz CT molecular complexity index is 691. The van der Waals surface area contributed by atoms with Crippen LogP contribution in [0.25, 0.3) is 0 Å². The fourth-order valence-corrected chi connectivity index (χ4v) is 2.71. The molecule has 0 fully saturated rings. The number of carbonyl (C=O) groups is 1. The van der Waals surface area contributed by atoms with Gasteiger partial charge in [-0.3, -0.25) is 9.78 Å². The maximum Gasteiger partial charge on any atom is 0.222 e. The number of aryl methyl sites for hydroxylation is 2. The van der Waals surface area contributed by atoms with Gasteiger partial charge in [-0.15, -0.1) is 0 Å². The van der Waals surface area contributed by atoms with Crippen molar-refractivity contribution in [1.82, 2.24) is 15.6 Å². The fourth-order valence-electron chi connectivity index (χ4n) is 2.71. The highest BCUT2D eigenvalue weighted by molar-refractivity contribution is 5.77. The van der Waals surface area contributed by atoms with Crippen LogP contribution >= 0.6 is 0 Å². The quantitative estimate of drug-likeness (QED) is 0.678. The Morgan fingerprint density at radius 2 is 1.88 bits per heavy atom. The zero-order chi connectivity index (χ0) is 18.9. The van der Waals surface area contributed by atoms with Crippen LogP contribution in [0.4, 0.5) is 0 Å². The largest absolute Gasteiger partial charge is 0.487 e. The number of nitrogens with one attached hydrogen (secondary N) is 2. The van der Waals surface area contributed by atoms with Gasteiger partial charge in [-0.1, -0.05) is 32.0 Å². The summed E-state index contributed by atoms with van der Waals surface area (Å²) in [6.45, 7) is 10.5. The number of rotatable bonds is 9. The van der Waals surface area contributed by atoms with Gasteiger partial charge in [0.1, 0.15) is 12.4 Å². The number of hydrogen-bond acceptors (Lipinski definition) is 4. The molecule has 26 heavy (non-hydrogen) atoms. The first-order valence-electron chi connectivity index (χ1n) is 9.08. The Hall–Kier alpha value is -2.40. The molecule has 1 aromatic carbocycles. The zero-order valence-electron chi connectivity index (χ0n) is 16.1. The van der Waals surface area contributed by atoms with Crippen molar-refractivity contribution in [3.05, 3.63) is 58.9 Å². The molecular weight excluding hydrogens is 326 g/mol. The topological polar surface area (TPSA) is 63.2 Å². The van der Waals surface area contributed by atoms with Gasteiger partial charge in [-0.05, 0) is 42.7 Å². The van der Waals surface area contributed by atoms with Crippen molar-refractivity contribution in [2.45, 2.75) is 40.8 Å². The van der Waals surface area contributed by atoms with E-state index in [-0.39, 0.29) is 11.8 Å². The first-order valence-corrected chi connectivity index (χ1v) is 9.08. The van der Waals surface area contributed by atoms with Gasteiger partial charge < -0.3 is 15.4 Å². The highest BCUT2D eigenvalue weighted by atomic mass is 16.5. The second-order valence-corrected chi connectivity index (χ2v) is 6.79. The first kappa shape index (κ1) is 19.9. The third-order valence-electron chi connectivity index (χ3n) is 4.07. The number of amides is 1. The van der Waals surface area contributed by atoms with E-state index in [2.05, 4.69) is 41.6 Å². The van der Waals surface area contributed by atoms with Crippen molar-refractivity contribution < 1.29 is 9.53 Å². The second-order valence-electron chi connectivity index (χ2n) is 6.79. The molecule has 0 aliphatic heterocycles. The van der Waals surface area contributed by atoms with Gasteiger partial charge in [0.15, 0.2) is 0 Å². The predicted molar refractivity (Wildman–Crippen MR) is 104 cm³/mol. The zero-order valence-corrected chi connectivity index (χ0v) is 16.1. The third-order valence-corrected chi connectivity index (χ3v) is 4.07. The van der Waals surface area contributed by atoms with Crippen LogP contribution in [0.15, 0.2) is 36.5 Å². The summed E-state index contributed by atoms with van der Waals surface area (Å²) in [5, 5.41) is 6.27. The molecule has 140 valence electrons. The summed E-state index contributed by atoms with van der Waals surface area (Å²) in [7, 11) is 0. The Kier molecular flexibility index (Phi) is 7.60. The van der Waals surface area contributed by atoms with Crippen LogP contribution in [0.1, 0.15) is 36.2 Å². The number of benzene rings is 1. The van der Waals surface area contributed by atoms with Gasteiger partial charge >= 0.3 is 0 Å². The van der Waals surface area contributed by atoms with E-state index < -0.39 is 0 Å². The van der Waals surface area contributed by atoms with E-state index in [1.807, 2.05) is 32.0 Å². The minimum atomic E-state index is 0.0268. The van der Waals surface area contributed by atoms with Gasteiger partial charge in [-0.25, -0.2) is 0 Å². The lowest BCUT2D eigenvalue weighted by Gasteiger charge is -2.14. The van der Waals surface area contributed by atoms with Crippen LogP contribution in [-0.2, 0) is 17.9 Å². The molecule has 1 heterocycles. The Balaban J connectivity index is 1.83. The van der Waals surface area contributed by atoms with Crippen molar-refractivity contribution in [3.63, 3.8) is 0 Å². The molecule has 0 saturated heterocycles. The van der Waals surface area contributed by atoms with E-state index >= 15 is 0 Å². The van der Waals surface area contributed by atoms with Crippen LogP contribution < -0.4 is 15.4 Å². The van der Waals surface area contributed by atoms with Crippen LogP contribution in [0, 0.1) is 19.8 Å². The summed E-state index contributed by atoms with van der Waals surface area (Å²) in [6, 6.07) is 10.1. The van der Waals surface area contributed by atoms with Gasteiger partial charge in [0.2, 0.25) is 5.91 Å². The molecule has 0 unspecified atom stereocenters. The molecule has 1 aromatic heterocycles. The Labute approximate surface area is 156 Å². The van der Waals surface area contributed by atoms with E-state index in [1.54, 1.807) is 6.20 Å². The lowest BCUT2D eigenvalue weighted by molar-refractivity contribution is -0.123. The minimum absolute atomic E-state index is 0.0268. The molecule has 0 radical (unpaired) electrons. The molecular formula is C21H29N3O2. The first-order chi connectivity index (χ1) is 12.5. The number of carbonyl (C=O) groups excluding carboxylic acids is 1. The normalized spacial score (nSPS) is 10.8. The predicted octanol–water partition coefficient (Wildman–Crippen LogP) is 3.14. The maximum absolute atomic E-state index is 11.5. The molecule has 0 saturated carbocycles. The summed E-state index contributed by atoms with van der Waals surface area (Å²) >= 11 is 0. The molecule has 2 N–H and O–H groups in total. The van der Waals surface area contributed by atoms with E-state index in [0.717, 1.165) is 35.7 Å². The summed E-state index contributed by atoms with van der Waals surface area (Å²) in [6.07, 6.45) is 1.77. The maximum atomic E-state index is 11.5. The number of pyridine rings is 1. The summed E-state index contributed by atoms with van der Waals surface area (Å²) in [4.78, 5) is 15.8. The van der Waals surface area contributed by atoms with E-state index in [0.29, 0.717) is 13.2 Å². The molecule has 0 aliphatic rings. The second kappa shape index (κ2) is 9.92. The molecule has 5 heteroatoms. The molecule has 0 aliphatic carbocycles. The van der Waals surface area contributed by atoms with Crippen molar-refractivity contribution >= 4 is 5.91 Å². The van der Waals surface area contributed by atoms with Gasteiger partial charge in [0, 0.05) is 31.7 Å². The minimum Gasteiger partial charge on any atom is -0.487 e. The monoisotopic (exact) mass is 355 g/mol. The molecule has 0 bridgehead atoms. The molecule has 0 spiro atoms. The van der Waals surface area contributed by atoms with Gasteiger partial charge in [0.05, 0.1) is 5.69 Å². The number of nitrogens with zero attached hydrogens (tertiary/aromatic N) is 1. The summed E-state index contributed by atoms with van der Waals surface area (Å²) in [5.41, 5.74) is 4.36. The van der Waals surface area contributed by atoms with Crippen molar-refractivity contribution in [3.8, 4) is 5.75 Å². The van der Waals surface area contributed by atoms with E-state index in [4.69, 9.17) is 4.74 Å². The molecule has 0 atom stereocenters. The lowest BCUT2D eigenvalue weighted by Crippen LogP contribution is -2.34. The molecule has 5 nitrogen and oxygen atoms in total. The van der Waals surface area contributed by atoms with Crippen molar-refractivity contribution in [2.75, 3.05) is 13.1 Å². The number of ether oxygens (including phenoxy) is 1. The highest BCUT2D eigenvalue weighted by Crippen LogP contribution is 2.25. The summed E-state index contributed by atoms with van der Waals surface area (Å²) in [5.74, 6) is 1.04. The highest BCUT2D eigenvalue weighted by Gasteiger charge is 2.08. The lowest BCUT2D eigenvalue weighted by atomic mass is 10.1. The van der Waals surface area contributed by atoms with E-state index in [1.165, 1.54) is 5.56 Å². The van der Waals surface area contributed by atoms with E-state index in [9.17, 15) is 4.79 Å². The standard InChI is InChI=1S/C21H29N3O2/c1-15(2)21(25)24-10-9-22-13-18-11-16(3)20(17(4)12-18)26-14-19-7-5-6-8-23-19/h5-8,11-12,15,22H,9-10,13-14H2,1-4H3,(H,24,25). The SMILES string of the molecule is Cc1cc(CNCCNC(=O)C(C)C)cc(C)c1OCc1ccccn1. The molecule has 2 aromatic rings. The molecule has 1 amide bonds. The van der Waals surface area contributed by atoms with Crippen LogP contribution in [0.2, 0.25) is 0 Å². The Morgan fingerprint density at radius 3 is 2.50 bits per heavy atom. The van der Waals surface area contributed by atoms with Crippen LogP contribution in [0.3, 0.4) is 0 Å². The van der Waals surface area contributed by atoms with Crippen molar-refractivity contribution in [2.24, 2.45) is 5.92 Å². The average Bonchev–Trinajstić information content (AvgIpc) is 2.61. The van der Waals surface area contributed by atoms with Crippen molar-refractivity contribution in [1.29, 1.82) is 0 Å². The molecule has 2 rings (SSSR count). The average molecular weight is 355 g/mol. The number of aromatic nitrogens is 1. The van der Waals surface area contributed by atoms with Crippen LogP contribution in [0.5, 0.6) is 5.75 Å². The Morgan fingerprint density at radius 1 is 1.15 bits per heavy atom. The van der Waals surface area contributed by atoms with Gasteiger partial charge in [-0.2, -0.15) is 0 Å². The fraction of sp³-hybridized carbons (Fsp3) is 0.429. The van der Waals surface area contributed by atoms with Crippen LogP contribution in [-0.4, -0.2) is 24.0 Å². The number of hydrogen-bond donors (Lipinski definition) is 2. The third kappa shape index (κ3) is 6.15.